The molecule has 21 heavy (non-hydrogen) atoms. The van der Waals surface area contributed by atoms with Crippen molar-refractivity contribution in [1.82, 2.24) is 9.55 Å². The summed E-state index contributed by atoms with van der Waals surface area (Å²) >= 11 is 0. The third kappa shape index (κ3) is 4.07. The van der Waals surface area contributed by atoms with Gasteiger partial charge in [-0.1, -0.05) is 53.2 Å². The summed E-state index contributed by atoms with van der Waals surface area (Å²) in [6.45, 7) is 14.1. The van der Waals surface area contributed by atoms with Crippen molar-refractivity contribution in [2.24, 2.45) is 7.05 Å². The highest BCUT2D eigenvalue weighted by atomic mass is 15.0. The summed E-state index contributed by atoms with van der Waals surface area (Å²) in [5, 5.41) is 2.53. The predicted octanol–water partition coefficient (Wildman–Crippen LogP) is 6.11. The van der Waals surface area contributed by atoms with Crippen molar-refractivity contribution in [3.63, 3.8) is 0 Å². The molecule has 2 aromatic heterocycles. The fourth-order valence-corrected chi connectivity index (χ4v) is 2.15. The largest absolute Gasteiger partial charge is 0.328 e. The van der Waals surface area contributed by atoms with Crippen molar-refractivity contribution >= 4 is 21.9 Å². The molecule has 3 rings (SSSR count). The molecular weight excluding hydrogens is 256 g/mol. The van der Waals surface area contributed by atoms with Crippen LogP contribution in [0.2, 0.25) is 0 Å². The molecule has 0 saturated carbocycles. The van der Waals surface area contributed by atoms with Crippen LogP contribution < -0.4 is 0 Å². The minimum absolute atomic E-state index is 1.05. The lowest BCUT2D eigenvalue weighted by Gasteiger charge is -1.96. The van der Waals surface area contributed by atoms with Gasteiger partial charge >= 0.3 is 0 Å². The lowest BCUT2D eigenvalue weighted by Crippen LogP contribution is -1.88. The number of benzene rings is 1. The number of hydrogen-bond donors (Lipinski definition) is 0. The van der Waals surface area contributed by atoms with Crippen LogP contribution in [-0.2, 0) is 7.05 Å². The summed E-state index contributed by atoms with van der Waals surface area (Å²) in [5.74, 6) is 0. The quantitative estimate of drug-likeness (QED) is 0.487. The Morgan fingerprint density at radius 2 is 1.48 bits per heavy atom. The highest BCUT2D eigenvalue weighted by Crippen LogP contribution is 2.26. The summed E-state index contributed by atoms with van der Waals surface area (Å²) in [7, 11) is 2.06. The van der Waals surface area contributed by atoms with Gasteiger partial charge in [-0.15, -0.1) is 0 Å². The Hall–Kier alpha value is -1.83. The van der Waals surface area contributed by atoms with E-state index in [9.17, 15) is 0 Å². The van der Waals surface area contributed by atoms with E-state index in [0.717, 1.165) is 5.65 Å². The van der Waals surface area contributed by atoms with Crippen LogP contribution in [0.5, 0.6) is 0 Å². The average Bonchev–Trinajstić information content (AvgIpc) is 2.86. The molecule has 0 N–H and O–H groups in total. The first kappa shape index (κ1) is 19.2. The Labute approximate surface area is 129 Å². The van der Waals surface area contributed by atoms with E-state index in [4.69, 9.17) is 0 Å². The summed E-state index contributed by atoms with van der Waals surface area (Å²) in [5.41, 5.74) is 3.59. The molecule has 0 fully saturated rings. The molecule has 2 heterocycles. The Morgan fingerprint density at radius 1 is 0.857 bits per heavy atom. The smallest absolute Gasteiger partial charge is 0.140 e. The SMILES string of the molecule is CC.CC.CC.Cc1ccc2c(c1)c1cccnc1n2C. The first-order valence-electron chi connectivity index (χ1n) is 8.07. The first-order valence-corrected chi connectivity index (χ1v) is 8.07. The van der Waals surface area contributed by atoms with Crippen molar-refractivity contribution in [2.45, 2.75) is 48.5 Å². The van der Waals surface area contributed by atoms with Gasteiger partial charge in [0.2, 0.25) is 0 Å². The average molecular weight is 286 g/mol. The van der Waals surface area contributed by atoms with Gasteiger partial charge in [-0.3, -0.25) is 0 Å². The van der Waals surface area contributed by atoms with E-state index in [-0.39, 0.29) is 0 Å². The van der Waals surface area contributed by atoms with Gasteiger partial charge in [0.05, 0.1) is 5.52 Å². The Kier molecular flexibility index (Phi) is 9.11. The van der Waals surface area contributed by atoms with E-state index >= 15 is 0 Å². The van der Waals surface area contributed by atoms with Crippen molar-refractivity contribution in [3.05, 3.63) is 42.1 Å². The molecule has 0 unspecified atom stereocenters. The van der Waals surface area contributed by atoms with E-state index in [1.54, 1.807) is 0 Å². The molecule has 0 saturated heterocycles. The van der Waals surface area contributed by atoms with Gasteiger partial charge in [-0.2, -0.15) is 0 Å². The molecule has 3 aromatic rings. The van der Waals surface area contributed by atoms with E-state index in [1.807, 2.05) is 53.8 Å². The Balaban J connectivity index is 0.000000598. The third-order valence-electron chi connectivity index (χ3n) is 2.91. The molecule has 0 aliphatic carbocycles. The maximum absolute atomic E-state index is 4.41. The zero-order valence-corrected chi connectivity index (χ0v) is 14.9. The number of fused-ring (bicyclic) bond motifs is 3. The second kappa shape index (κ2) is 9.98. The van der Waals surface area contributed by atoms with E-state index in [1.165, 1.54) is 21.9 Å². The Bertz CT molecular complexity index is 651. The number of nitrogens with zero attached hydrogens (tertiary/aromatic N) is 2. The highest BCUT2D eigenvalue weighted by molar-refractivity contribution is 6.06. The summed E-state index contributed by atoms with van der Waals surface area (Å²) in [4.78, 5) is 4.41. The summed E-state index contributed by atoms with van der Waals surface area (Å²) in [6, 6.07) is 10.6. The maximum Gasteiger partial charge on any atom is 0.140 e. The monoisotopic (exact) mass is 286 g/mol. The zero-order chi connectivity index (χ0) is 16.4. The second-order valence-electron chi connectivity index (χ2n) is 3.95. The molecule has 0 bridgehead atoms. The van der Waals surface area contributed by atoms with Gasteiger partial charge in [-0.05, 0) is 31.2 Å². The fourth-order valence-electron chi connectivity index (χ4n) is 2.15. The van der Waals surface area contributed by atoms with Gasteiger partial charge in [0, 0.05) is 24.0 Å². The van der Waals surface area contributed by atoms with Crippen LogP contribution in [-0.4, -0.2) is 9.55 Å². The van der Waals surface area contributed by atoms with E-state index in [2.05, 4.69) is 47.8 Å². The van der Waals surface area contributed by atoms with E-state index in [0.29, 0.717) is 0 Å². The molecule has 0 aliphatic rings. The Morgan fingerprint density at radius 3 is 2.10 bits per heavy atom. The number of aromatic nitrogens is 2. The summed E-state index contributed by atoms with van der Waals surface area (Å²) < 4.78 is 2.14. The molecule has 2 nitrogen and oxygen atoms in total. The van der Waals surface area contributed by atoms with Crippen molar-refractivity contribution < 1.29 is 0 Å². The summed E-state index contributed by atoms with van der Waals surface area (Å²) in [6.07, 6.45) is 1.84. The van der Waals surface area contributed by atoms with Crippen LogP contribution in [0, 0.1) is 6.92 Å². The molecule has 0 spiro atoms. The van der Waals surface area contributed by atoms with Crippen molar-refractivity contribution in [2.75, 3.05) is 0 Å². The molecule has 0 amide bonds. The van der Waals surface area contributed by atoms with Crippen molar-refractivity contribution in [1.29, 1.82) is 0 Å². The minimum Gasteiger partial charge on any atom is -0.328 e. The number of aryl methyl sites for hydroxylation is 2. The standard InChI is InChI=1S/C13H12N2.3C2H6/c1-9-5-6-12-11(8-9)10-4-3-7-14-13(10)15(12)2;3*1-2/h3-8H,1-2H3;3*1-2H3. The van der Waals surface area contributed by atoms with Gasteiger partial charge in [0.25, 0.3) is 0 Å². The van der Waals surface area contributed by atoms with Crippen LogP contribution in [0.1, 0.15) is 47.1 Å². The second-order valence-corrected chi connectivity index (χ2v) is 3.95. The number of pyridine rings is 1. The van der Waals surface area contributed by atoms with E-state index < -0.39 is 0 Å². The molecule has 1 aromatic carbocycles. The molecule has 0 aliphatic heterocycles. The van der Waals surface area contributed by atoms with Crippen molar-refractivity contribution in [3.8, 4) is 0 Å². The van der Waals surface area contributed by atoms with Gasteiger partial charge < -0.3 is 4.57 Å². The van der Waals surface area contributed by atoms with Gasteiger partial charge in [0.15, 0.2) is 0 Å². The van der Waals surface area contributed by atoms with Crippen LogP contribution in [0.15, 0.2) is 36.5 Å². The topological polar surface area (TPSA) is 17.8 Å². The highest BCUT2D eigenvalue weighted by Gasteiger charge is 2.07. The first-order chi connectivity index (χ1) is 10.3. The van der Waals surface area contributed by atoms with Gasteiger partial charge in [0.1, 0.15) is 5.65 Å². The van der Waals surface area contributed by atoms with Crippen LogP contribution in [0.25, 0.3) is 21.9 Å². The molecule has 0 atom stereocenters. The zero-order valence-electron chi connectivity index (χ0n) is 14.9. The predicted molar refractivity (Wildman–Crippen MR) is 97.0 cm³/mol. The lowest BCUT2D eigenvalue weighted by molar-refractivity contribution is 0.989. The maximum atomic E-state index is 4.41. The fraction of sp³-hybridized carbons (Fsp3) is 0.421. The van der Waals surface area contributed by atoms with Crippen LogP contribution >= 0.6 is 0 Å². The molecule has 0 radical (unpaired) electrons. The number of rotatable bonds is 0. The van der Waals surface area contributed by atoms with Crippen LogP contribution in [0.3, 0.4) is 0 Å². The number of hydrogen-bond acceptors (Lipinski definition) is 1. The molecule has 2 heteroatoms. The lowest BCUT2D eigenvalue weighted by atomic mass is 10.1. The minimum atomic E-state index is 1.05. The molecule has 116 valence electrons. The third-order valence-corrected chi connectivity index (χ3v) is 2.91. The van der Waals surface area contributed by atoms with Crippen LogP contribution in [0.4, 0.5) is 0 Å². The van der Waals surface area contributed by atoms with Gasteiger partial charge in [-0.25, -0.2) is 4.98 Å². The normalized spacial score (nSPS) is 8.95. The molecular formula is C19H30N2.